The smallest absolute Gasteiger partial charge is 0.261 e. The molecule has 6 N–H and O–H groups in total. The van der Waals surface area contributed by atoms with E-state index in [1.807, 2.05) is 13.8 Å². The Bertz CT molecular complexity index is 1420. The van der Waals surface area contributed by atoms with Gasteiger partial charge in [-0.1, -0.05) is 39.3 Å². The Balaban J connectivity index is 1.34. The molecule has 1 spiro atoms. The van der Waals surface area contributed by atoms with Crippen molar-refractivity contribution in [3.63, 3.8) is 0 Å². The second-order valence-electron chi connectivity index (χ2n) is 15.0. The fourth-order valence-corrected chi connectivity index (χ4v) is 9.34. The number of carbonyl (C=O) groups excluding carboxylic acids is 2. The molecule has 252 valence electrons. The van der Waals surface area contributed by atoms with Gasteiger partial charge in [0.15, 0.2) is 11.9 Å². The zero-order chi connectivity index (χ0) is 33.2. The number of rotatable bonds is 4. The standard InChI is InChI=1S/C36H49NO9/c1-16-8-9-36(46-34(16)22-12-23(38)14-24(39)13-22)19(4)10-18(3)27(45-36)15-25-17(2)11-21-6-7-26(40)20(5)28(21)29(25)31(41)30-32(42)33(43)35(44)37-30/h11-14,16,18-21,25-29,33-34,38-41,43H,6-10,15H2,1-5H3,(H,37,44)/t16-,18-,19-,20+,21+,25-,26-,27+,28+,29+,33?,34-,36+/m1/s1. The zero-order valence-corrected chi connectivity index (χ0v) is 27.3. The molecule has 3 saturated heterocycles. The number of amides is 1. The fourth-order valence-electron chi connectivity index (χ4n) is 9.34. The number of phenolic OH excluding ortho intramolecular Hbond substituents is 2. The molecular weight excluding hydrogens is 590 g/mol. The second kappa shape index (κ2) is 12.3. The van der Waals surface area contributed by atoms with E-state index in [4.69, 9.17) is 9.47 Å². The number of allylic oxidation sites excluding steroid dienone is 3. The van der Waals surface area contributed by atoms with Gasteiger partial charge < -0.3 is 40.3 Å². The molecule has 1 aromatic carbocycles. The van der Waals surface area contributed by atoms with E-state index in [1.165, 1.54) is 6.07 Å². The van der Waals surface area contributed by atoms with Gasteiger partial charge in [-0.3, -0.25) is 9.59 Å². The highest BCUT2D eigenvalue weighted by molar-refractivity contribution is 6.19. The van der Waals surface area contributed by atoms with Crippen molar-refractivity contribution >= 4 is 11.7 Å². The number of Topliss-reactive ketones (excluding diaryl/α,β-unsaturated/α-hetero) is 1. The molecule has 6 rings (SSSR count). The van der Waals surface area contributed by atoms with Crippen molar-refractivity contribution in [2.24, 2.45) is 47.3 Å². The molecule has 0 bridgehead atoms. The normalized spacial score (nSPS) is 44.0. The maximum atomic E-state index is 12.9. The van der Waals surface area contributed by atoms with Crippen LogP contribution in [0.4, 0.5) is 0 Å². The largest absolute Gasteiger partial charge is 0.510 e. The Morgan fingerprint density at radius 3 is 2.33 bits per heavy atom. The van der Waals surface area contributed by atoms with Crippen molar-refractivity contribution in [3.05, 3.63) is 46.9 Å². The van der Waals surface area contributed by atoms with Crippen LogP contribution in [0.25, 0.3) is 0 Å². The van der Waals surface area contributed by atoms with Gasteiger partial charge in [0, 0.05) is 24.3 Å². The lowest BCUT2D eigenvalue weighted by atomic mass is 9.56. The molecule has 1 amide bonds. The first-order chi connectivity index (χ1) is 21.7. The van der Waals surface area contributed by atoms with E-state index in [0.29, 0.717) is 24.8 Å². The van der Waals surface area contributed by atoms with E-state index >= 15 is 0 Å². The Morgan fingerprint density at radius 1 is 0.978 bits per heavy atom. The van der Waals surface area contributed by atoms with Gasteiger partial charge >= 0.3 is 0 Å². The van der Waals surface area contributed by atoms with E-state index in [1.54, 1.807) is 12.1 Å². The van der Waals surface area contributed by atoms with Gasteiger partial charge in [-0.2, -0.15) is 0 Å². The highest BCUT2D eigenvalue weighted by atomic mass is 16.7. The van der Waals surface area contributed by atoms with E-state index in [2.05, 4.69) is 32.2 Å². The molecule has 13 atom stereocenters. The van der Waals surface area contributed by atoms with Gasteiger partial charge in [0.25, 0.3) is 5.91 Å². The average molecular weight is 640 g/mol. The van der Waals surface area contributed by atoms with Crippen LogP contribution >= 0.6 is 0 Å². The number of aliphatic hydroxyl groups is 3. The molecule has 5 aliphatic rings. The molecule has 0 radical (unpaired) electrons. The van der Waals surface area contributed by atoms with Crippen LogP contribution in [0, 0.1) is 47.3 Å². The number of fused-ring (bicyclic) bond motifs is 1. The highest BCUT2D eigenvalue weighted by Crippen LogP contribution is 2.55. The summed E-state index contributed by atoms with van der Waals surface area (Å²) in [5.74, 6) is -3.64. The minimum absolute atomic E-state index is 0.0288. The molecule has 3 heterocycles. The molecule has 4 fully saturated rings. The summed E-state index contributed by atoms with van der Waals surface area (Å²) in [5, 5.41) is 55.7. The summed E-state index contributed by atoms with van der Waals surface area (Å²) in [6.45, 7) is 10.4. The summed E-state index contributed by atoms with van der Waals surface area (Å²) in [7, 11) is 0. The third-order valence-electron chi connectivity index (χ3n) is 12.0. The number of phenols is 2. The number of hydrogen-bond donors (Lipinski definition) is 6. The number of aromatic hydroxyl groups is 2. The lowest BCUT2D eigenvalue weighted by molar-refractivity contribution is -0.356. The van der Waals surface area contributed by atoms with E-state index in [9.17, 15) is 35.1 Å². The first-order valence-corrected chi connectivity index (χ1v) is 16.9. The number of ether oxygens (including phenoxy) is 2. The third-order valence-corrected chi connectivity index (χ3v) is 12.0. The first-order valence-electron chi connectivity index (χ1n) is 16.9. The Hall–Kier alpha value is -2.92. The van der Waals surface area contributed by atoms with Crippen LogP contribution in [0.3, 0.4) is 0 Å². The van der Waals surface area contributed by atoms with Crippen molar-refractivity contribution in [3.8, 4) is 11.5 Å². The summed E-state index contributed by atoms with van der Waals surface area (Å²) in [4.78, 5) is 25.1. The summed E-state index contributed by atoms with van der Waals surface area (Å²) < 4.78 is 13.9. The number of ketones is 1. The van der Waals surface area contributed by atoms with Crippen LogP contribution < -0.4 is 5.32 Å². The predicted molar refractivity (Wildman–Crippen MR) is 168 cm³/mol. The van der Waals surface area contributed by atoms with Crippen LogP contribution in [0.2, 0.25) is 0 Å². The molecule has 2 aliphatic carbocycles. The number of nitrogens with one attached hydrogen (secondary N) is 1. The summed E-state index contributed by atoms with van der Waals surface area (Å²) in [6.07, 6.45) is 3.45. The monoisotopic (exact) mass is 639 g/mol. The Kier molecular flexibility index (Phi) is 8.80. The van der Waals surface area contributed by atoms with Gasteiger partial charge in [0.2, 0.25) is 5.78 Å². The van der Waals surface area contributed by atoms with Gasteiger partial charge in [0.05, 0.1) is 18.3 Å². The third kappa shape index (κ3) is 5.65. The summed E-state index contributed by atoms with van der Waals surface area (Å²) in [6, 6.07) is 4.55. The number of benzene rings is 1. The summed E-state index contributed by atoms with van der Waals surface area (Å²) >= 11 is 0. The molecule has 3 aliphatic heterocycles. The topological polar surface area (TPSA) is 166 Å². The van der Waals surface area contributed by atoms with Crippen LogP contribution in [-0.4, -0.2) is 61.3 Å². The maximum absolute atomic E-state index is 12.9. The first kappa shape index (κ1) is 33.0. The lowest BCUT2D eigenvalue weighted by Crippen LogP contribution is -2.55. The molecule has 46 heavy (non-hydrogen) atoms. The van der Waals surface area contributed by atoms with Crippen molar-refractivity contribution in [2.75, 3.05) is 0 Å². The van der Waals surface area contributed by atoms with Gasteiger partial charge in [-0.15, -0.1) is 0 Å². The average Bonchev–Trinajstić information content (AvgIpc) is 3.25. The van der Waals surface area contributed by atoms with E-state index in [0.717, 1.165) is 24.8 Å². The minimum Gasteiger partial charge on any atom is -0.510 e. The molecular formula is C36H49NO9. The van der Waals surface area contributed by atoms with Crippen LogP contribution in [0.15, 0.2) is 41.3 Å². The summed E-state index contributed by atoms with van der Waals surface area (Å²) in [5.41, 5.74) is 1.51. The fraction of sp³-hybridized carbons (Fsp3) is 0.667. The highest BCUT2D eigenvalue weighted by Gasteiger charge is 2.54. The van der Waals surface area contributed by atoms with Gasteiger partial charge in [-0.25, -0.2) is 0 Å². The molecule has 1 aromatic rings. The van der Waals surface area contributed by atoms with Gasteiger partial charge in [-0.05, 0) is 92.2 Å². The molecule has 0 aromatic heterocycles. The zero-order valence-electron chi connectivity index (χ0n) is 27.3. The lowest BCUT2D eigenvalue weighted by Gasteiger charge is -2.54. The van der Waals surface area contributed by atoms with Crippen molar-refractivity contribution in [1.29, 1.82) is 0 Å². The minimum atomic E-state index is -1.85. The number of hydrogen-bond acceptors (Lipinski definition) is 9. The predicted octanol–water partition coefficient (Wildman–Crippen LogP) is 4.78. The molecule has 1 unspecified atom stereocenters. The Morgan fingerprint density at radius 2 is 1.67 bits per heavy atom. The SMILES string of the molecule is CC1=C[C@@H]2CC[C@@H](O)[C@H](C)[C@@H]2[C@@H](C(O)=C2NC(=O)C(O)C2=O)[C@@H]1C[C@@H]1O[C@]2(CC[C@@H](C)[C@H](c3cc(O)cc(O)c3)O2)[C@H](C)C[C@H]1C. The van der Waals surface area contributed by atoms with Crippen LogP contribution in [0.5, 0.6) is 11.5 Å². The van der Waals surface area contributed by atoms with Crippen molar-refractivity contribution in [2.45, 2.75) is 103 Å². The Labute approximate surface area is 270 Å². The van der Waals surface area contributed by atoms with E-state index in [-0.39, 0.29) is 70.5 Å². The van der Waals surface area contributed by atoms with Crippen molar-refractivity contribution < 1.29 is 44.6 Å². The molecule has 10 nitrogen and oxygen atoms in total. The van der Waals surface area contributed by atoms with Crippen LogP contribution in [0.1, 0.15) is 84.8 Å². The second-order valence-corrected chi connectivity index (χ2v) is 15.0. The number of carbonyl (C=O) groups is 2. The molecule has 10 heteroatoms. The maximum Gasteiger partial charge on any atom is 0.261 e. The molecule has 1 saturated carbocycles. The van der Waals surface area contributed by atoms with Crippen LogP contribution in [-0.2, 0) is 19.1 Å². The number of aliphatic hydroxyl groups excluding tert-OH is 3. The van der Waals surface area contributed by atoms with Crippen molar-refractivity contribution in [1.82, 2.24) is 5.32 Å². The van der Waals surface area contributed by atoms with Gasteiger partial charge in [0.1, 0.15) is 23.0 Å². The van der Waals surface area contributed by atoms with E-state index < -0.39 is 41.7 Å². The quantitative estimate of drug-likeness (QED) is 0.118.